The second kappa shape index (κ2) is 19.0. The Morgan fingerprint density at radius 2 is 1.35 bits per heavy atom. The summed E-state index contributed by atoms with van der Waals surface area (Å²) in [5.74, 6) is -0.621. The normalized spacial score (nSPS) is 11.6. The number of nitrogens with one attached hydrogen (secondary N) is 2. The van der Waals surface area contributed by atoms with Crippen LogP contribution in [0.1, 0.15) is 124 Å². The first-order valence-corrected chi connectivity index (χ1v) is 14.6. The lowest BCUT2D eigenvalue weighted by Crippen LogP contribution is -2.26. The molecule has 208 valence electrons. The molecule has 0 saturated heterocycles. The number of rotatable bonds is 19. The highest BCUT2D eigenvalue weighted by molar-refractivity contribution is 6.34. The van der Waals surface area contributed by atoms with E-state index in [-0.39, 0.29) is 18.1 Å². The SMILES string of the molecule is CCCCCCCC/C=C\CCCCCCCC(=O)Nc1ccc(Cl)c(NC(=O)CC(=O)C(C)(C)C)c1. The molecule has 2 amide bonds. The van der Waals surface area contributed by atoms with Crippen molar-refractivity contribution in [2.24, 2.45) is 5.41 Å². The summed E-state index contributed by atoms with van der Waals surface area (Å²) >= 11 is 6.19. The van der Waals surface area contributed by atoms with E-state index in [0.29, 0.717) is 22.8 Å². The van der Waals surface area contributed by atoms with Crippen molar-refractivity contribution in [1.29, 1.82) is 0 Å². The number of carbonyl (C=O) groups is 3. The first-order chi connectivity index (χ1) is 17.6. The van der Waals surface area contributed by atoms with Crippen molar-refractivity contribution in [3.05, 3.63) is 35.4 Å². The molecule has 5 nitrogen and oxygen atoms in total. The number of Topliss-reactive ketones (excluding diaryl/α,β-unsaturated/α-hetero) is 1. The molecule has 1 rings (SSSR count). The maximum atomic E-state index is 12.3. The molecule has 0 bridgehead atoms. The molecule has 0 heterocycles. The number of hydrogen-bond acceptors (Lipinski definition) is 3. The van der Waals surface area contributed by atoms with Crippen LogP contribution in [0.2, 0.25) is 5.02 Å². The maximum Gasteiger partial charge on any atom is 0.231 e. The van der Waals surface area contributed by atoms with E-state index in [2.05, 4.69) is 29.7 Å². The Hall–Kier alpha value is -2.14. The molecule has 0 aliphatic rings. The average Bonchev–Trinajstić information content (AvgIpc) is 2.83. The summed E-state index contributed by atoms with van der Waals surface area (Å²) in [6.07, 6.45) is 20.8. The molecule has 6 heteroatoms. The van der Waals surface area contributed by atoms with Crippen LogP contribution < -0.4 is 10.6 Å². The van der Waals surface area contributed by atoms with E-state index < -0.39 is 11.3 Å². The van der Waals surface area contributed by atoms with Crippen molar-refractivity contribution in [2.75, 3.05) is 10.6 Å². The minimum Gasteiger partial charge on any atom is -0.326 e. The van der Waals surface area contributed by atoms with E-state index >= 15 is 0 Å². The number of amides is 2. The second-order valence-corrected chi connectivity index (χ2v) is 11.4. The van der Waals surface area contributed by atoms with Crippen molar-refractivity contribution < 1.29 is 14.4 Å². The molecule has 0 saturated carbocycles. The minimum atomic E-state index is -0.582. The van der Waals surface area contributed by atoms with Gasteiger partial charge in [0.1, 0.15) is 5.78 Å². The van der Waals surface area contributed by atoms with Gasteiger partial charge in [0.05, 0.1) is 17.1 Å². The van der Waals surface area contributed by atoms with Crippen LogP contribution in [0.4, 0.5) is 11.4 Å². The molecule has 0 unspecified atom stereocenters. The summed E-state index contributed by atoms with van der Waals surface area (Å²) in [6, 6.07) is 4.95. The highest BCUT2D eigenvalue weighted by Gasteiger charge is 2.24. The van der Waals surface area contributed by atoms with Crippen LogP contribution in [-0.2, 0) is 14.4 Å². The van der Waals surface area contributed by atoms with E-state index in [9.17, 15) is 14.4 Å². The Labute approximate surface area is 230 Å². The summed E-state index contributed by atoms with van der Waals surface area (Å²) in [4.78, 5) is 36.7. The fraction of sp³-hybridized carbons (Fsp3) is 0.645. The molecule has 1 aromatic rings. The third-order valence-electron chi connectivity index (χ3n) is 6.35. The number of allylic oxidation sites excluding steroid dienone is 2. The fourth-order valence-electron chi connectivity index (χ4n) is 3.88. The zero-order valence-electron chi connectivity index (χ0n) is 23.6. The minimum absolute atomic E-state index is 0.0554. The van der Waals surface area contributed by atoms with Gasteiger partial charge < -0.3 is 10.6 Å². The van der Waals surface area contributed by atoms with Crippen molar-refractivity contribution in [3.63, 3.8) is 0 Å². The smallest absolute Gasteiger partial charge is 0.231 e. The van der Waals surface area contributed by atoms with Gasteiger partial charge >= 0.3 is 0 Å². The summed E-state index contributed by atoms with van der Waals surface area (Å²) in [7, 11) is 0. The third kappa shape index (κ3) is 16.3. The molecular formula is C31H49ClN2O3. The first-order valence-electron chi connectivity index (χ1n) is 14.2. The van der Waals surface area contributed by atoms with Gasteiger partial charge in [0.25, 0.3) is 0 Å². The molecular weight excluding hydrogens is 484 g/mol. The number of anilines is 2. The maximum absolute atomic E-state index is 12.3. The third-order valence-corrected chi connectivity index (χ3v) is 6.68. The molecule has 2 N–H and O–H groups in total. The van der Waals surface area contributed by atoms with Crippen LogP contribution in [0.5, 0.6) is 0 Å². The molecule has 0 fully saturated rings. The van der Waals surface area contributed by atoms with E-state index in [1.165, 1.54) is 57.8 Å². The van der Waals surface area contributed by atoms with E-state index in [1.807, 2.05) is 0 Å². The Kier molecular flexibility index (Phi) is 16.9. The monoisotopic (exact) mass is 532 g/mol. The van der Waals surface area contributed by atoms with E-state index in [4.69, 9.17) is 11.6 Å². The lowest BCUT2D eigenvalue weighted by molar-refractivity contribution is -0.130. The lowest BCUT2D eigenvalue weighted by atomic mass is 9.89. The number of unbranched alkanes of at least 4 members (excludes halogenated alkanes) is 11. The van der Waals surface area contributed by atoms with Gasteiger partial charge in [0.15, 0.2) is 0 Å². The topological polar surface area (TPSA) is 75.3 Å². The van der Waals surface area contributed by atoms with E-state index in [0.717, 1.165) is 25.7 Å². The Bertz CT molecular complexity index is 858. The standard InChI is InChI=1S/C31H49ClN2O3/c1-5-6-7-8-9-10-11-12-13-14-15-16-17-18-19-20-29(36)33-25-21-22-26(32)27(23-25)34-30(37)24-28(35)31(2,3)4/h12-13,21-23H,5-11,14-20,24H2,1-4H3,(H,33,36)(H,34,37)/b13-12-. The quantitative estimate of drug-likeness (QED) is 0.106. The molecule has 1 aromatic carbocycles. The van der Waals surface area contributed by atoms with Gasteiger partial charge in [-0.1, -0.05) is 103 Å². The number of carbonyl (C=O) groups excluding carboxylic acids is 3. The molecule has 0 radical (unpaired) electrons. The fourth-order valence-corrected chi connectivity index (χ4v) is 4.05. The molecule has 0 atom stereocenters. The van der Waals surface area contributed by atoms with E-state index in [1.54, 1.807) is 39.0 Å². The highest BCUT2D eigenvalue weighted by Crippen LogP contribution is 2.26. The largest absolute Gasteiger partial charge is 0.326 e. The lowest BCUT2D eigenvalue weighted by Gasteiger charge is -2.16. The van der Waals surface area contributed by atoms with Gasteiger partial charge in [-0.25, -0.2) is 0 Å². The Morgan fingerprint density at radius 3 is 1.95 bits per heavy atom. The molecule has 0 aliphatic carbocycles. The van der Waals surface area contributed by atoms with Crippen molar-refractivity contribution >= 4 is 40.6 Å². The number of ketones is 1. The van der Waals surface area contributed by atoms with Gasteiger partial charge in [0.2, 0.25) is 11.8 Å². The zero-order chi connectivity index (χ0) is 27.5. The van der Waals surface area contributed by atoms with Gasteiger partial charge in [-0.05, 0) is 50.3 Å². The van der Waals surface area contributed by atoms with Crippen molar-refractivity contribution in [1.82, 2.24) is 0 Å². The van der Waals surface area contributed by atoms with Crippen LogP contribution >= 0.6 is 11.6 Å². The predicted molar refractivity (Wildman–Crippen MR) is 157 cm³/mol. The number of halogens is 1. The molecule has 37 heavy (non-hydrogen) atoms. The second-order valence-electron chi connectivity index (χ2n) is 11.0. The van der Waals surface area contributed by atoms with Crippen molar-refractivity contribution in [3.8, 4) is 0 Å². The number of hydrogen-bond donors (Lipinski definition) is 2. The van der Waals surface area contributed by atoms with Crippen LogP contribution in [-0.4, -0.2) is 17.6 Å². The average molecular weight is 533 g/mol. The van der Waals surface area contributed by atoms with Crippen molar-refractivity contribution in [2.45, 2.75) is 124 Å². The van der Waals surface area contributed by atoms with Gasteiger partial charge in [-0.2, -0.15) is 0 Å². The number of benzene rings is 1. The summed E-state index contributed by atoms with van der Waals surface area (Å²) in [5.41, 5.74) is 0.368. The zero-order valence-corrected chi connectivity index (χ0v) is 24.4. The Balaban J connectivity index is 2.20. The van der Waals surface area contributed by atoms with Gasteiger partial charge in [-0.3, -0.25) is 14.4 Å². The van der Waals surface area contributed by atoms with Crippen LogP contribution in [0.15, 0.2) is 30.4 Å². The molecule has 0 spiro atoms. The first kappa shape index (κ1) is 32.9. The molecule has 0 aliphatic heterocycles. The molecule has 0 aromatic heterocycles. The van der Waals surface area contributed by atoms with Crippen LogP contribution in [0.3, 0.4) is 0 Å². The van der Waals surface area contributed by atoms with Crippen LogP contribution in [0, 0.1) is 5.41 Å². The highest BCUT2D eigenvalue weighted by atomic mass is 35.5. The predicted octanol–water partition coefficient (Wildman–Crippen LogP) is 9.26. The summed E-state index contributed by atoms with van der Waals surface area (Å²) in [6.45, 7) is 7.59. The van der Waals surface area contributed by atoms with Crippen LogP contribution in [0.25, 0.3) is 0 Å². The summed E-state index contributed by atoms with van der Waals surface area (Å²) in [5, 5.41) is 5.90. The Morgan fingerprint density at radius 1 is 0.784 bits per heavy atom. The van der Waals surface area contributed by atoms with Gasteiger partial charge in [0, 0.05) is 17.5 Å². The van der Waals surface area contributed by atoms with Gasteiger partial charge in [-0.15, -0.1) is 0 Å². The summed E-state index contributed by atoms with van der Waals surface area (Å²) < 4.78 is 0.